The van der Waals surface area contributed by atoms with Crippen LogP contribution in [-0.2, 0) is 16.4 Å². The Morgan fingerprint density at radius 2 is 2.00 bits per heavy atom. The predicted octanol–water partition coefficient (Wildman–Crippen LogP) is 4.15. The normalized spacial score (nSPS) is 13.6. The van der Waals surface area contributed by atoms with E-state index in [-0.39, 0.29) is 5.91 Å². The van der Waals surface area contributed by atoms with Crippen molar-refractivity contribution in [2.24, 2.45) is 0 Å². The molecule has 0 aliphatic carbocycles. The van der Waals surface area contributed by atoms with Gasteiger partial charge in [0.1, 0.15) is 9.96 Å². The van der Waals surface area contributed by atoms with Crippen LogP contribution in [0, 0.1) is 0 Å². The van der Waals surface area contributed by atoms with Gasteiger partial charge in [-0.2, -0.15) is 0 Å². The molecule has 1 aromatic heterocycles. The molecule has 0 saturated heterocycles. The largest absolute Gasteiger partial charge is 0.497 e. The van der Waals surface area contributed by atoms with Crippen molar-refractivity contribution in [3.8, 4) is 5.75 Å². The number of amides is 1. The van der Waals surface area contributed by atoms with E-state index in [1.165, 1.54) is 15.6 Å². The Kier molecular flexibility index (Phi) is 5.29. The summed E-state index contributed by atoms with van der Waals surface area (Å²) in [6.45, 7) is 0.417. The molecule has 3 aromatic rings. The number of nitrogens with one attached hydrogen (secondary N) is 1. The first-order valence-corrected chi connectivity index (χ1v) is 11.5. The van der Waals surface area contributed by atoms with Gasteiger partial charge in [-0.25, -0.2) is 8.42 Å². The van der Waals surface area contributed by atoms with Gasteiger partial charge >= 0.3 is 0 Å². The molecule has 8 heteroatoms. The molecule has 1 aliphatic heterocycles. The van der Waals surface area contributed by atoms with Crippen LogP contribution in [-0.4, -0.2) is 28.0 Å². The second kappa shape index (κ2) is 7.88. The second-order valence-electron chi connectivity index (χ2n) is 6.64. The highest BCUT2D eigenvalue weighted by molar-refractivity contribution is 7.94. The maximum absolute atomic E-state index is 13.1. The number of benzene rings is 2. The zero-order chi connectivity index (χ0) is 20.4. The zero-order valence-electron chi connectivity index (χ0n) is 15.8. The van der Waals surface area contributed by atoms with Gasteiger partial charge in [0, 0.05) is 17.8 Å². The van der Waals surface area contributed by atoms with E-state index in [0.717, 1.165) is 18.4 Å². The Labute approximate surface area is 173 Å². The minimum absolute atomic E-state index is 0.285. The highest BCUT2D eigenvalue weighted by Gasteiger charge is 2.30. The lowest BCUT2D eigenvalue weighted by atomic mass is 10.0. The number of thiophene rings is 1. The molecule has 1 amide bonds. The monoisotopic (exact) mass is 428 g/mol. The van der Waals surface area contributed by atoms with Gasteiger partial charge in [-0.3, -0.25) is 9.10 Å². The molecule has 0 bridgehead atoms. The zero-order valence-corrected chi connectivity index (χ0v) is 17.4. The summed E-state index contributed by atoms with van der Waals surface area (Å²) >= 11 is 1.20. The van der Waals surface area contributed by atoms with Crippen LogP contribution in [0.4, 0.5) is 11.4 Å². The Hall–Kier alpha value is -2.84. The molecule has 6 nitrogen and oxygen atoms in total. The van der Waals surface area contributed by atoms with Gasteiger partial charge in [-0.15, -0.1) is 11.3 Å². The molecule has 0 saturated carbocycles. The number of aryl methyl sites for hydroxylation is 1. The Morgan fingerprint density at radius 3 is 2.76 bits per heavy atom. The number of methoxy groups -OCH3 is 1. The molecule has 0 unspecified atom stereocenters. The van der Waals surface area contributed by atoms with E-state index in [1.807, 2.05) is 6.07 Å². The molecule has 29 heavy (non-hydrogen) atoms. The van der Waals surface area contributed by atoms with E-state index in [0.29, 0.717) is 33.4 Å². The number of hydrogen-bond donors (Lipinski definition) is 1. The third-order valence-electron chi connectivity index (χ3n) is 4.79. The Morgan fingerprint density at radius 1 is 1.14 bits per heavy atom. The fourth-order valence-electron chi connectivity index (χ4n) is 3.35. The van der Waals surface area contributed by atoms with Gasteiger partial charge in [0.25, 0.3) is 15.9 Å². The molecule has 0 spiro atoms. The molecule has 2 aromatic carbocycles. The molecule has 4 rings (SSSR count). The average molecular weight is 429 g/mol. The van der Waals surface area contributed by atoms with Gasteiger partial charge in [-0.05, 0) is 60.2 Å². The number of nitrogens with zero attached hydrogens (tertiary/aromatic N) is 1. The van der Waals surface area contributed by atoms with E-state index in [1.54, 1.807) is 61.0 Å². The van der Waals surface area contributed by atoms with Crippen LogP contribution in [0.3, 0.4) is 0 Å². The Bertz CT molecular complexity index is 1140. The average Bonchev–Trinajstić information content (AvgIpc) is 3.29. The molecule has 1 aliphatic rings. The number of ether oxygens (including phenoxy) is 1. The molecule has 0 atom stereocenters. The lowest BCUT2D eigenvalue weighted by Gasteiger charge is -2.30. The van der Waals surface area contributed by atoms with Crippen molar-refractivity contribution >= 4 is 38.6 Å². The number of carbonyl (C=O) groups excluding carboxylic acids is 1. The molecular weight excluding hydrogens is 408 g/mol. The van der Waals surface area contributed by atoms with Crippen molar-refractivity contribution in [3.63, 3.8) is 0 Å². The smallest absolute Gasteiger partial charge is 0.273 e. The van der Waals surface area contributed by atoms with Crippen LogP contribution in [0.2, 0.25) is 0 Å². The first-order valence-electron chi connectivity index (χ1n) is 9.13. The van der Waals surface area contributed by atoms with Crippen LogP contribution in [0.1, 0.15) is 22.3 Å². The van der Waals surface area contributed by atoms with Gasteiger partial charge in [0.2, 0.25) is 0 Å². The van der Waals surface area contributed by atoms with Crippen LogP contribution >= 0.6 is 11.3 Å². The third kappa shape index (κ3) is 3.86. The number of anilines is 2. The summed E-state index contributed by atoms with van der Waals surface area (Å²) in [5.41, 5.74) is 2.58. The van der Waals surface area contributed by atoms with E-state index < -0.39 is 10.0 Å². The van der Waals surface area contributed by atoms with Gasteiger partial charge < -0.3 is 10.1 Å². The molecule has 2 heterocycles. The van der Waals surface area contributed by atoms with Gasteiger partial charge in [0.05, 0.1) is 12.8 Å². The quantitative estimate of drug-likeness (QED) is 0.662. The molecule has 1 N–H and O–H groups in total. The number of sulfonamides is 1. The van der Waals surface area contributed by atoms with E-state index in [2.05, 4.69) is 5.32 Å². The van der Waals surface area contributed by atoms with Gasteiger partial charge in [0.15, 0.2) is 0 Å². The summed E-state index contributed by atoms with van der Waals surface area (Å²) in [5.74, 6) is 0.309. The standard InChI is InChI=1S/C21H20N2O4S2/c1-27-18-7-2-5-16(13-18)21(24)22-17-10-9-15-6-3-11-23(19(15)14-17)29(25,26)20-8-4-12-28-20/h2,4-5,7-10,12-14H,3,6,11H2,1H3,(H,22,24). The number of hydrogen-bond acceptors (Lipinski definition) is 5. The topological polar surface area (TPSA) is 75.7 Å². The summed E-state index contributed by atoms with van der Waals surface area (Å²) in [4.78, 5) is 12.6. The van der Waals surface area contributed by atoms with Crippen molar-refractivity contribution in [1.29, 1.82) is 0 Å². The van der Waals surface area contributed by atoms with Crippen molar-refractivity contribution in [2.75, 3.05) is 23.3 Å². The van der Waals surface area contributed by atoms with E-state index >= 15 is 0 Å². The third-order valence-corrected chi connectivity index (χ3v) is 7.98. The summed E-state index contributed by atoms with van der Waals surface area (Å²) in [6.07, 6.45) is 1.56. The van der Waals surface area contributed by atoms with Crippen LogP contribution < -0.4 is 14.4 Å². The fraction of sp³-hybridized carbons (Fsp3) is 0.190. The first-order chi connectivity index (χ1) is 14.0. The van der Waals surface area contributed by atoms with Crippen molar-refractivity contribution in [2.45, 2.75) is 17.1 Å². The van der Waals surface area contributed by atoms with Crippen LogP contribution in [0.15, 0.2) is 64.2 Å². The number of carbonyl (C=O) groups is 1. The maximum Gasteiger partial charge on any atom is 0.273 e. The number of fused-ring (bicyclic) bond motifs is 1. The van der Waals surface area contributed by atoms with E-state index in [9.17, 15) is 13.2 Å². The van der Waals surface area contributed by atoms with Crippen molar-refractivity contribution in [3.05, 3.63) is 71.1 Å². The molecule has 150 valence electrons. The highest BCUT2D eigenvalue weighted by atomic mass is 32.2. The molecular formula is C21H20N2O4S2. The highest BCUT2D eigenvalue weighted by Crippen LogP contribution is 2.35. The maximum atomic E-state index is 13.1. The van der Waals surface area contributed by atoms with Crippen LogP contribution in [0.5, 0.6) is 5.75 Å². The summed E-state index contributed by atoms with van der Waals surface area (Å²) in [6, 6.07) is 15.6. The molecule has 0 fully saturated rings. The van der Waals surface area contributed by atoms with E-state index in [4.69, 9.17) is 4.74 Å². The van der Waals surface area contributed by atoms with Crippen LogP contribution in [0.25, 0.3) is 0 Å². The summed E-state index contributed by atoms with van der Waals surface area (Å²) in [5, 5.41) is 4.61. The predicted molar refractivity (Wildman–Crippen MR) is 115 cm³/mol. The molecule has 0 radical (unpaired) electrons. The minimum atomic E-state index is -3.62. The van der Waals surface area contributed by atoms with Gasteiger partial charge in [-0.1, -0.05) is 18.2 Å². The number of rotatable bonds is 5. The summed E-state index contributed by atoms with van der Waals surface area (Å²) in [7, 11) is -2.07. The first kappa shape index (κ1) is 19.5. The van der Waals surface area contributed by atoms with Crippen molar-refractivity contribution < 1.29 is 17.9 Å². The SMILES string of the molecule is COc1cccc(C(=O)Nc2ccc3c(c2)N(S(=O)(=O)c2cccs2)CCC3)c1. The summed E-state index contributed by atoms with van der Waals surface area (Å²) < 4.78 is 33.1. The second-order valence-corrected chi connectivity index (χ2v) is 9.68. The lowest BCUT2D eigenvalue weighted by Crippen LogP contribution is -2.35. The van der Waals surface area contributed by atoms with Crippen molar-refractivity contribution in [1.82, 2.24) is 0 Å². The fourth-order valence-corrected chi connectivity index (χ4v) is 5.99. The minimum Gasteiger partial charge on any atom is -0.497 e. The lowest BCUT2D eigenvalue weighted by molar-refractivity contribution is 0.102. The Balaban J connectivity index is 1.64.